The van der Waals surface area contributed by atoms with Crippen molar-refractivity contribution in [1.29, 1.82) is 0 Å². The van der Waals surface area contributed by atoms with Crippen molar-refractivity contribution in [3.63, 3.8) is 0 Å². The summed E-state index contributed by atoms with van der Waals surface area (Å²) in [5.41, 5.74) is 2.13. The molecule has 0 fully saturated rings. The van der Waals surface area contributed by atoms with Gasteiger partial charge in [0.2, 0.25) is 11.8 Å². The standard InChI is InChI=1S/C20H23N3O3/c1-15-4-6-16(7-5-15)20-22-21-19(26-20)14-23(2)12-13-25-18-10-8-17(24-3)9-11-18/h4-11H,12-14H2,1-3H3. The summed E-state index contributed by atoms with van der Waals surface area (Å²) >= 11 is 0. The molecule has 2 aromatic carbocycles. The van der Waals surface area contributed by atoms with E-state index in [-0.39, 0.29) is 0 Å². The molecular formula is C20H23N3O3. The van der Waals surface area contributed by atoms with Crippen molar-refractivity contribution in [1.82, 2.24) is 15.1 Å². The van der Waals surface area contributed by atoms with Crippen LogP contribution in [0.25, 0.3) is 11.5 Å². The van der Waals surface area contributed by atoms with E-state index in [0.717, 1.165) is 23.6 Å². The Bertz CT molecular complexity index is 813. The number of rotatable bonds is 8. The zero-order valence-electron chi connectivity index (χ0n) is 15.3. The fourth-order valence-corrected chi connectivity index (χ4v) is 2.43. The quantitative estimate of drug-likeness (QED) is 0.617. The molecule has 0 radical (unpaired) electrons. The number of benzene rings is 2. The van der Waals surface area contributed by atoms with Gasteiger partial charge in [-0.3, -0.25) is 4.90 Å². The monoisotopic (exact) mass is 353 g/mol. The van der Waals surface area contributed by atoms with Crippen molar-refractivity contribution in [3.8, 4) is 23.0 Å². The van der Waals surface area contributed by atoms with E-state index in [4.69, 9.17) is 13.9 Å². The fraction of sp³-hybridized carbons (Fsp3) is 0.300. The molecule has 0 aliphatic rings. The molecule has 3 rings (SSSR count). The highest BCUT2D eigenvalue weighted by Gasteiger charge is 2.10. The van der Waals surface area contributed by atoms with Gasteiger partial charge in [0.15, 0.2) is 0 Å². The van der Waals surface area contributed by atoms with Gasteiger partial charge in [0.25, 0.3) is 0 Å². The molecule has 0 atom stereocenters. The van der Waals surface area contributed by atoms with Gasteiger partial charge in [0.05, 0.1) is 13.7 Å². The third kappa shape index (κ3) is 4.83. The summed E-state index contributed by atoms with van der Waals surface area (Å²) in [7, 11) is 3.64. The third-order valence-electron chi connectivity index (χ3n) is 3.97. The number of aromatic nitrogens is 2. The van der Waals surface area contributed by atoms with E-state index >= 15 is 0 Å². The van der Waals surface area contributed by atoms with Crippen LogP contribution in [0, 0.1) is 6.92 Å². The molecule has 6 heteroatoms. The van der Waals surface area contributed by atoms with E-state index in [1.165, 1.54) is 5.56 Å². The van der Waals surface area contributed by atoms with Crippen LogP contribution in [0.1, 0.15) is 11.5 Å². The van der Waals surface area contributed by atoms with Crippen molar-refractivity contribution in [2.75, 3.05) is 27.3 Å². The lowest BCUT2D eigenvalue weighted by Crippen LogP contribution is -2.24. The van der Waals surface area contributed by atoms with Crippen molar-refractivity contribution in [2.24, 2.45) is 0 Å². The lowest BCUT2D eigenvalue weighted by Gasteiger charge is -2.14. The maximum absolute atomic E-state index is 5.75. The first-order chi connectivity index (χ1) is 12.6. The highest BCUT2D eigenvalue weighted by atomic mass is 16.5. The van der Waals surface area contributed by atoms with Crippen LogP contribution in [0.3, 0.4) is 0 Å². The van der Waals surface area contributed by atoms with Gasteiger partial charge in [-0.25, -0.2) is 0 Å². The van der Waals surface area contributed by atoms with Crippen LogP contribution in [0.5, 0.6) is 11.5 Å². The molecule has 26 heavy (non-hydrogen) atoms. The van der Waals surface area contributed by atoms with Crippen LogP contribution in [-0.2, 0) is 6.54 Å². The van der Waals surface area contributed by atoms with Crippen LogP contribution in [0.2, 0.25) is 0 Å². The SMILES string of the molecule is COc1ccc(OCCN(C)Cc2nnc(-c3ccc(C)cc3)o2)cc1. The predicted molar refractivity (Wildman–Crippen MR) is 99.3 cm³/mol. The molecule has 0 amide bonds. The Hall–Kier alpha value is -2.86. The second-order valence-electron chi connectivity index (χ2n) is 6.13. The minimum atomic E-state index is 0.544. The summed E-state index contributed by atoms with van der Waals surface area (Å²) in [6, 6.07) is 15.6. The molecule has 0 bridgehead atoms. The molecule has 0 spiro atoms. The van der Waals surface area contributed by atoms with Crippen molar-refractivity contribution in [3.05, 3.63) is 60.0 Å². The highest BCUT2D eigenvalue weighted by Crippen LogP contribution is 2.19. The predicted octanol–water partition coefficient (Wildman–Crippen LogP) is 3.56. The molecule has 0 aliphatic carbocycles. The second kappa shape index (κ2) is 8.49. The highest BCUT2D eigenvalue weighted by molar-refractivity contribution is 5.52. The van der Waals surface area contributed by atoms with Gasteiger partial charge in [-0.1, -0.05) is 17.7 Å². The average Bonchev–Trinajstić information content (AvgIpc) is 3.11. The summed E-state index contributed by atoms with van der Waals surface area (Å²) in [4.78, 5) is 2.08. The Morgan fingerprint density at radius 3 is 2.35 bits per heavy atom. The maximum atomic E-state index is 5.75. The van der Waals surface area contributed by atoms with Crippen LogP contribution < -0.4 is 9.47 Å². The van der Waals surface area contributed by atoms with Gasteiger partial charge in [0.1, 0.15) is 18.1 Å². The lowest BCUT2D eigenvalue weighted by molar-refractivity contribution is 0.220. The van der Waals surface area contributed by atoms with Crippen LogP contribution in [0.15, 0.2) is 52.9 Å². The van der Waals surface area contributed by atoms with E-state index in [9.17, 15) is 0 Å². The summed E-state index contributed by atoms with van der Waals surface area (Å²) < 4.78 is 16.6. The molecule has 0 N–H and O–H groups in total. The molecule has 0 aliphatic heterocycles. The number of aryl methyl sites for hydroxylation is 1. The topological polar surface area (TPSA) is 60.6 Å². The molecule has 0 saturated carbocycles. The molecule has 0 saturated heterocycles. The first-order valence-electron chi connectivity index (χ1n) is 8.49. The number of nitrogens with zero attached hydrogens (tertiary/aromatic N) is 3. The smallest absolute Gasteiger partial charge is 0.247 e. The zero-order chi connectivity index (χ0) is 18.4. The number of hydrogen-bond donors (Lipinski definition) is 0. The van der Waals surface area contributed by atoms with Gasteiger partial charge in [-0.15, -0.1) is 10.2 Å². The van der Waals surface area contributed by atoms with Crippen molar-refractivity contribution in [2.45, 2.75) is 13.5 Å². The van der Waals surface area contributed by atoms with Crippen LogP contribution >= 0.6 is 0 Å². The third-order valence-corrected chi connectivity index (χ3v) is 3.97. The van der Waals surface area contributed by atoms with Gasteiger partial charge < -0.3 is 13.9 Å². The molecule has 0 unspecified atom stereocenters. The minimum absolute atomic E-state index is 0.544. The second-order valence-corrected chi connectivity index (χ2v) is 6.13. The van der Waals surface area contributed by atoms with Crippen molar-refractivity contribution < 1.29 is 13.9 Å². The van der Waals surface area contributed by atoms with Crippen LogP contribution in [0.4, 0.5) is 0 Å². The largest absolute Gasteiger partial charge is 0.497 e. The van der Waals surface area contributed by atoms with Gasteiger partial charge in [0, 0.05) is 12.1 Å². The van der Waals surface area contributed by atoms with Gasteiger partial charge >= 0.3 is 0 Å². The Morgan fingerprint density at radius 2 is 1.65 bits per heavy atom. The molecular weight excluding hydrogens is 330 g/mol. The lowest BCUT2D eigenvalue weighted by atomic mass is 10.1. The van der Waals surface area contributed by atoms with E-state index in [1.807, 2.05) is 62.5 Å². The van der Waals surface area contributed by atoms with Gasteiger partial charge in [-0.05, 0) is 50.4 Å². The van der Waals surface area contributed by atoms with E-state index in [1.54, 1.807) is 7.11 Å². The van der Waals surface area contributed by atoms with E-state index < -0.39 is 0 Å². The van der Waals surface area contributed by atoms with Crippen molar-refractivity contribution >= 4 is 0 Å². The Labute approximate surface area is 153 Å². The van der Waals surface area contributed by atoms with Gasteiger partial charge in [-0.2, -0.15) is 0 Å². The molecule has 6 nitrogen and oxygen atoms in total. The fourth-order valence-electron chi connectivity index (χ4n) is 2.43. The summed E-state index contributed by atoms with van der Waals surface area (Å²) in [5.74, 6) is 2.77. The summed E-state index contributed by atoms with van der Waals surface area (Å²) in [6.07, 6.45) is 0. The Morgan fingerprint density at radius 1 is 0.962 bits per heavy atom. The molecule has 1 heterocycles. The number of hydrogen-bond acceptors (Lipinski definition) is 6. The summed E-state index contributed by atoms with van der Waals surface area (Å²) in [6.45, 7) is 3.94. The minimum Gasteiger partial charge on any atom is -0.497 e. The van der Waals surface area contributed by atoms with E-state index in [0.29, 0.717) is 24.9 Å². The number of likely N-dealkylation sites (N-methyl/N-ethyl adjacent to an activating group) is 1. The first-order valence-corrected chi connectivity index (χ1v) is 8.49. The normalized spacial score (nSPS) is 10.9. The summed E-state index contributed by atoms with van der Waals surface area (Å²) in [5, 5.41) is 8.25. The molecule has 1 aromatic heterocycles. The molecule has 3 aromatic rings. The zero-order valence-corrected chi connectivity index (χ0v) is 15.3. The van der Waals surface area contributed by atoms with E-state index in [2.05, 4.69) is 15.1 Å². The number of ether oxygens (including phenoxy) is 2. The maximum Gasteiger partial charge on any atom is 0.247 e. The van der Waals surface area contributed by atoms with Crippen LogP contribution in [-0.4, -0.2) is 42.4 Å². The average molecular weight is 353 g/mol. The Kier molecular flexibility index (Phi) is 5.86. The number of methoxy groups -OCH3 is 1. The molecule has 136 valence electrons. The first kappa shape index (κ1) is 17.9. The Balaban J connectivity index is 1.47.